The van der Waals surface area contributed by atoms with E-state index < -0.39 is 0 Å². The highest BCUT2D eigenvalue weighted by molar-refractivity contribution is 5.51. The fourth-order valence-electron chi connectivity index (χ4n) is 2.85. The Morgan fingerprint density at radius 2 is 2.39 bits per heavy atom. The van der Waals surface area contributed by atoms with Gasteiger partial charge in [0.05, 0.1) is 6.20 Å². The van der Waals surface area contributed by atoms with Crippen molar-refractivity contribution in [2.24, 2.45) is 5.92 Å². The summed E-state index contributed by atoms with van der Waals surface area (Å²) in [6, 6.07) is 1.78. The highest BCUT2D eigenvalue weighted by Crippen LogP contribution is 2.22. The molecule has 1 atom stereocenters. The van der Waals surface area contributed by atoms with E-state index in [0.717, 1.165) is 12.1 Å². The average Bonchev–Trinajstić information content (AvgIpc) is 2.74. The Hall–Kier alpha value is -1.62. The third-order valence-electron chi connectivity index (χ3n) is 3.73. The predicted molar refractivity (Wildman–Crippen MR) is 71.3 cm³/mol. The van der Waals surface area contributed by atoms with Gasteiger partial charge in [-0.25, -0.2) is 4.98 Å². The van der Waals surface area contributed by atoms with Crippen molar-refractivity contribution >= 4 is 11.5 Å². The van der Waals surface area contributed by atoms with Crippen molar-refractivity contribution in [3.05, 3.63) is 24.0 Å². The first kappa shape index (κ1) is 11.5. The summed E-state index contributed by atoms with van der Waals surface area (Å²) in [4.78, 5) is 6.80. The second-order valence-electron chi connectivity index (χ2n) is 5.25. The number of nitrogens with two attached hydrogens (primary N) is 1. The molecule has 1 aliphatic rings. The molecule has 2 aromatic heterocycles. The second-order valence-corrected chi connectivity index (χ2v) is 5.25. The zero-order valence-corrected chi connectivity index (χ0v) is 10.7. The lowest BCUT2D eigenvalue weighted by molar-refractivity contribution is 0.209. The summed E-state index contributed by atoms with van der Waals surface area (Å²) in [7, 11) is 2.19. The molecule has 3 rings (SSSR count). The Balaban J connectivity index is 1.84. The van der Waals surface area contributed by atoms with Gasteiger partial charge in [0, 0.05) is 18.3 Å². The average molecular weight is 245 g/mol. The molecule has 18 heavy (non-hydrogen) atoms. The number of piperidine rings is 1. The number of nitrogens with zero attached hydrogens (tertiary/aromatic N) is 4. The maximum Gasteiger partial charge on any atom is 0.160 e. The quantitative estimate of drug-likeness (QED) is 0.863. The number of hydrogen-bond acceptors (Lipinski definition) is 4. The minimum absolute atomic E-state index is 0.645. The van der Waals surface area contributed by atoms with Crippen LogP contribution in [0.1, 0.15) is 18.4 Å². The number of rotatable bonds is 2. The van der Waals surface area contributed by atoms with E-state index in [-0.39, 0.29) is 0 Å². The van der Waals surface area contributed by atoms with Gasteiger partial charge in [-0.3, -0.25) is 0 Å². The minimum Gasteiger partial charge on any atom is -0.384 e. The van der Waals surface area contributed by atoms with Gasteiger partial charge in [0.25, 0.3) is 0 Å². The number of nitrogen functional groups attached to an aromatic ring is 1. The summed E-state index contributed by atoms with van der Waals surface area (Å²) in [5.41, 5.74) is 7.99. The van der Waals surface area contributed by atoms with Crippen LogP contribution >= 0.6 is 0 Å². The second kappa shape index (κ2) is 4.57. The molecule has 0 saturated carbocycles. The Bertz CT molecular complexity index is 547. The van der Waals surface area contributed by atoms with Crippen LogP contribution in [0, 0.1) is 5.92 Å². The molecule has 1 aliphatic heterocycles. The molecule has 2 N–H and O–H groups in total. The Morgan fingerprint density at radius 3 is 3.22 bits per heavy atom. The summed E-state index contributed by atoms with van der Waals surface area (Å²) in [6.45, 7) is 2.39. The van der Waals surface area contributed by atoms with Crippen LogP contribution in [0.3, 0.4) is 0 Å². The molecule has 0 bridgehead atoms. The normalized spacial score (nSPS) is 21.5. The van der Waals surface area contributed by atoms with Crippen LogP contribution in [0.5, 0.6) is 0 Å². The molecule has 5 heteroatoms. The molecule has 0 aromatic carbocycles. The third-order valence-corrected chi connectivity index (χ3v) is 3.73. The first-order valence-electron chi connectivity index (χ1n) is 6.49. The van der Waals surface area contributed by atoms with Gasteiger partial charge in [-0.2, -0.15) is 9.61 Å². The SMILES string of the molecule is CN1CCCC(Cc2cnn3c(N)ccnc23)C1. The Labute approximate surface area is 107 Å². The number of hydrogen-bond donors (Lipinski definition) is 1. The van der Waals surface area contributed by atoms with Gasteiger partial charge in [0.15, 0.2) is 5.65 Å². The smallest absolute Gasteiger partial charge is 0.160 e. The summed E-state index contributed by atoms with van der Waals surface area (Å²) in [5, 5.41) is 4.32. The van der Waals surface area contributed by atoms with Crippen LogP contribution in [0.15, 0.2) is 18.5 Å². The van der Waals surface area contributed by atoms with E-state index in [4.69, 9.17) is 5.73 Å². The van der Waals surface area contributed by atoms with Crippen molar-refractivity contribution < 1.29 is 0 Å². The lowest BCUT2D eigenvalue weighted by Gasteiger charge is -2.29. The van der Waals surface area contributed by atoms with Crippen molar-refractivity contribution in [3.63, 3.8) is 0 Å². The summed E-state index contributed by atoms with van der Waals surface area (Å²) in [5.74, 6) is 1.35. The summed E-state index contributed by atoms with van der Waals surface area (Å²) in [6.07, 6.45) is 7.29. The Kier molecular flexibility index (Phi) is 2.91. The van der Waals surface area contributed by atoms with Crippen LogP contribution in [0.25, 0.3) is 5.65 Å². The van der Waals surface area contributed by atoms with E-state index in [1.165, 1.54) is 31.5 Å². The van der Waals surface area contributed by atoms with E-state index in [1.807, 2.05) is 6.20 Å². The van der Waals surface area contributed by atoms with Gasteiger partial charge >= 0.3 is 0 Å². The minimum atomic E-state index is 0.645. The molecule has 1 unspecified atom stereocenters. The molecule has 0 amide bonds. The molecule has 1 saturated heterocycles. The van der Waals surface area contributed by atoms with Crippen molar-refractivity contribution in [1.29, 1.82) is 0 Å². The number of aromatic nitrogens is 3. The molecule has 0 radical (unpaired) electrons. The summed E-state index contributed by atoms with van der Waals surface area (Å²) < 4.78 is 1.72. The van der Waals surface area contributed by atoms with Gasteiger partial charge in [-0.1, -0.05) is 0 Å². The molecule has 0 aliphatic carbocycles. The van der Waals surface area contributed by atoms with E-state index in [1.54, 1.807) is 16.8 Å². The van der Waals surface area contributed by atoms with E-state index >= 15 is 0 Å². The van der Waals surface area contributed by atoms with Crippen LogP contribution in [-0.4, -0.2) is 39.6 Å². The highest BCUT2D eigenvalue weighted by atomic mass is 15.3. The molecule has 0 spiro atoms. The van der Waals surface area contributed by atoms with Gasteiger partial charge in [0.2, 0.25) is 0 Å². The highest BCUT2D eigenvalue weighted by Gasteiger charge is 2.19. The monoisotopic (exact) mass is 245 g/mol. The summed E-state index contributed by atoms with van der Waals surface area (Å²) >= 11 is 0. The van der Waals surface area contributed by atoms with Crippen molar-refractivity contribution in [3.8, 4) is 0 Å². The fraction of sp³-hybridized carbons (Fsp3) is 0.538. The largest absolute Gasteiger partial charge is 0.384 e. The van der Waals surface area contributed by atoms with Gasteiger partial charge in [-0.15, -0.1) is 0 Å². The topological polar surface area (TPSA) is 59.5 Å². The van der Waals surface area contributed by atoms with Gasteiger partial charge in [0.1, 0.15) is 5.82 Å². The first-order chi connectivity index (χ1) is 8.74. The van der Waals surface area contributed by atoms with Crippen molar-refractivity contribution in [2.75, 3.05) is 25.9 Å². The third kappa shape index (κ3) is 2.06. The standard InChI is InChI=1S/C13H19N5/c1-17-6-2-3-10(9-17)7-11-8-16-18-12(14)4-5-15-13(11)18/h4-5,8,10H,2-3,6-7,9,14H2,1H3. The lowest BCUT2D eigenvalue weighted by atomic mass is 9.92. The molecular formula is C13H19N5. The fourth-order valence-corrected chi connectivity index (χ4v) is 2.85. The molecule has 1 fully saturated rings. The Morgan fingerprint density at radius 1 is 1.50 bits per heavy atom. The van der Waals surface area contributed by atoms with Crippen LogP contribution in [0.4, 0.5) is 5.82 Å². The predicted octanol–water partition coefficient (Wildman–Crippen LogP) is 1.20. The number of anilines is 1. The van der Waals surface area contributed by atoms with Crippen LogP contribution < -0.4 is 5.73 Å². The molecular weight excluding hydrogens is 226 g/mol. The van der Waals surface area contributed by atoms with E-state index in [2.05, 4.69) is 22.0 Å². The van der Waals surface area contributed by atoms with Gasteiger partial charge < -0.3 is 10.6 Å². The van der Waals surface area contributed by atoms with Crippen LogP contribution in [0.2, 0.25) is 0 Å². The molecule has 5 nitrogen and oxygen atoms in total. The van der Waals surface area contributed by atoms with Crippen molar-refractivity contribution in [2.45, 2.75) is 19.3 Å². The van der Waals surface area contributed by atoms with Crippen molar-refractivity contribution in [1.82, 2.24) is 19.5 Å². The zero-order chi connectivity index (χ0) is 12.5. The number of likely N-dealkylation sites (tertiary alicyclic amines) is 1. The molecule has 2 aromatic rings. The van der Waals surface area contributed by atoms with Gasteiger partial charge in [-0.05, 0) is 44.8 Å². The van der Waals surface area contributed by atoms with E-state index in [9.17, 15) is 0 Å². The maximum atomic E-state index is 5.88. The van der Waals surface area contributed by atoms with Crippen LogP contribution in [-0.2, 0) is 6.42 Å². The molecule has 96 valence electrons. The first-order valence-corrected chi connectivity index (χ1v) is 6.49. The molecule has 3 heterocycles. The van der Waals surface area contributed by atoms with E-state index in [0.29, 0.717) is 11.7 Å². The number of fused-ring (bicyclic) bond motifs is 1. The maximum absolute atomic E-state index is 5.88. The zero-order valence-electron chi connectivity index (χ0n) is 10.7. The lowest BCUT2D eigenvalue weighted by Crippen LogP contribution is -2.32.